The Morgan fingerprint density at radius 1 is 1.12 bits per heavy atom. The van der Waals surface area contributed by atoms with Gasteiger partial charge in [0.2, 0.25) is 15.9 Å². The van der Waals surface area contributed by atoms with Gasteiger partial charge in [0, 0.05) is 24.7 Å². The minimum Gasteiger partial charge on any atom is -0.355 e. The third-order valence-corrected chi connectivity index (χ3v) is 8.73. The maximum atomic E-state index is 14.0. The van der Waals surface area contributed by atoms with Crippen LogP contribution in [0.25, 0.3) is 12.2 Å². The van der Waals surface area contributed by atoms with Crippen LogP contribution in [0.1, 0.15) is 68.4 Å². The zero-order valence-electron chi connectivity index (χ0n) is 19.5. The lowest BCUT2D eigenvalue weighted by atomic mass is 9.97. The Labute approximate surface area is 200 Å². The van der Waals surface area contributed by atoms with E-state index in [1.54, 1.807) is 25.1 Å². The molecule has 7 nitrogen and oxygen atoms in total. The van der Waals surface area contributed by atoms with Gasteiger partial charge in [0.1, 0.15) is 11.5 Å². The molecule has 184 valence electrons. The van der Waals surface area contributed by atoms with Crippen LogP contribution in [0, 0.1) is 18.7 Å². The molecule has 1 saturated heterocycles. The van der Waals surface area contributed by atoms with Crippen molar-refractivity contribution in [3.8, 4) is 0 Å². The molecule has 1 aliphatic carbocycles. The SMILES string of the molecule is Cc1noc(/C=C/c2ccccc2F)c1S(=O)(=O)N1CCC[C@H](C(=O)NC2CCCCCC2)C1. The van der Waals surface area contributed by atoms with Crippen LogP contribution in [-0.2, 0) is 14.8 Å². The van der Waals surface area contributed by atoms with E-state index in [0.717, 1.165) is 25.7 Å². The van der Waals surface area contributed by atoms with Gasteiger partial charge in [-0.05, 0) is 50.8 Å². The van der Waals surface area contributed by atoms with Crippen molar-refractivity contribution < 1.29 is 22.1 Å². The van der Waals surface area contributed by atoms with Crippen molar-refractivity contribution in [3.63, 3.8) is 0 Å². The highest BCUT2D eigenvalue weighted by molar-refractivity contribution is 7.89. The number of amides is 1. The first-order valence-electron chi connectivity index (χ1n) is 12.1. The number of carbonyl (C=O) groups excluding carboxylic acids is 1. The zero-order valence-corrected chi connectivity index (χ0v) is 20.3. The number of aryl methyl sites for hydroxylation is 1. The number of hydrogen-bond donors (Lipinski definition) is 1. The second-order valence-corrected chi connectivity index (χ2v) is 11.1. The largest absolute Gasteiger partial charge is 0.355 e. The number of rotatable bonds is 6. The topological polar surface area (TPSA) is 92.5 Å². The highest BCUT2D eigenvalue weighted by atomic mass is 32.2. The van der Waals surface area contributed by atoms with Crippen LogP contribution in [0.5, 0.6) is 0 Å². The Morgan fingerprint density at radius 2 is 1.85 bits per heavy atom. The molecule has 1 atom stereocenters. The minimum atomic E-state index is -3.95. The molecule has 1 aromatic carbocycles. The van der Waals surface area contributed by atoms with Crippen LogP contribution < -0.4 is 5.32 Å². The molecule has 1 aliphatic heterocycles. The van der Waals surface area contributed by atoms with Crippen molar-refractivity contribution in [2.24, 2.45) is 5.92 Å². The van der Waals surface area contributed by atoms with Gasteiger partial charge >= 0.3 is 0 Å². The third kappa shape index (κ3) is 5.58. The van der Waals surface area contributed by atoms with Crippen molar-refractivity contribution in [3.05, 3.63) is 47.1 Å². The molecule has 1 N–H and O–H groups in total. The molecule has 0 radical (unpaired) electrons. The summed E-state index contributed by atoms with van der Waals surface area (Å²) >= 11 is 0. The van der Waals surface area contributed by atoms with E-state index in [2.05, 4.69) is 10.5 Å². The van der Waals surface area contributed by atoms with E-state index in [1.165, 1.54) is 35.4 Å². The summed E-state index contributed by atoms with van der Waals surface area (Å²) in [5.41, 5.74) is 0.548. The molecule has 2 aromatic rings. The number of sulfonamides is 1. The van der Waals surface area contributed by atoms with Crippen molar-refractivity contribution in [1.82, 2.24) is 14.8 Å². The zero-order chi connectivity index (χ0) is 24.1. The first-order chi connectivity index (χ1) is 16.4. The average molecular weight is 490 g/mol. The number of piperidine rings is 1. The number of benzene rings is 1. The van der Waals surface area contributed by atoms with Gasteiger partial charge in [-0.25, -0.2) is 12.8 Å². The fourth-order valence-corrected chi connectivity index (χ4v) is 6.60. The summed E-state index contributed by atoms with van der Waals surface area (Å²) in [4.78, 5) is 12.9. The summed E-state index contributed by atoms with van der Waals surface area (Å²) in [6, 6.07) is 6.37. The van der Waals surface area contributed by atoms with Crippen molar-refractivity contribution in [1.29, 1.82) is 0 Å². The fourth-order valence-electron chi connectivity index (χ4n) is 4.82. The van der Waals surface area contributed by atoms with E-state index in [9.17, 15) is 17.6 Å². The first-order valence-corrected chi connectivity index (χ1v) is 13.5. The quantitative estimate of drug-likeness (QED) is 0.602. The standard InChI is InChI=1S/C25H32FN3O4S/c1-18-24(23(33-28-18)15-14-19-9-6-7-13-22(19)26)34(31,32)29-16-8-10-20(17-29)25(30)27-21-11-4-2-3-5-12-21/h6-7,9,13-15,20-21H,2-5,8,10-12,16-17H2,1H3,(H,27,30)/b15-14+/t20-/m0/s1. The number of nitrogens with zero attached hydrogens (tertiary/aromatic N) is 2. The molecule has 1 amide bonds. The minimum absolute atomic E-state index is 0.0371. The third-order valence-electron chi connectivity index (χ3n) is 6.71. The molecular weight excluding hydrogens is 457 g/mol. The van der Waals surface area contributed by atoms with Crippen LogP contribution in [-0.4, -0.2) is 42.9 Å². The van der Waals surface area contributed by atoms with Gasteiger partial charge in [-0.15, -0.1) is 0 Å². The lowest BCUT2D eigenvalue weighted by Gasteiger charge is -2.32. The second kappa shape index (κ2) is 10.8. The van der Waals surface area contributed by atoms with Gasteiger partial charge in [-0.3, -0.25) is 4.79 Å². The molecule has 4 rings (SSSR count). The van der Waals surface area contributed by atoms with Gasteiger partial charge < -0.3 is 9.84 Å². The van der Waals surface area contributed by atoms with Crippen molar-refractivity contribution >= 4 is 28.1 Å². The molecule has 0 spiro atoms. The maximum Gasteiger partial charge on any atom is 0.248 e. The van der Waals surface area contributed by atoms with E-state index >= 15 is 0 Å². The average Bonchev–Trinajstić information content (AvgIpc) is 3.02. The van der Waals surface area contributed by atoms with E-state index in [-0.39, 0.29) is 40.8 Å². The predicted octanol–water partition coefficient (Wildman–Crippen LogP) is 4.53. The number of carbonyl (C=O) groups is 1. The maximum absolute atomic E-state index is 14.0. The number of aromatic nitrogens is 1. The summed E-state index contributed by atoms with van der Waals surface area (Å²) in [7, 11) is -3.95. The Kier molecular flexibility index (Phi) is 7.83. The van der Waals surface area contributed by atoms with E-state index < -0.39 is 15.8 Å². The van der Waals surface area contributed by atoms with E-state index in [4.69, 9.17) is 4.52 Å². The van der Waals surface area contributed by atoms with Crippen molar-refractivity contribution in [2.45, 2.75) is 69.2 Å². The first kappa shape index (κ1) is 24.6. The molecule has 9 heteroatoms. The van der Waals surface area contributed by atoms with Crippen LogP contribution >= 0.6 is 0 Å². The van der Waals surface area contributed by atoms with Crippen molar-refractivity contribution in [2.75, 3.05) is 13.1 Å². The van der Waals surface area contributed by atoms with Gasteiger partial charge in [-0.2, -0.15) is 4.31 Å². The molecule has 2 aliphatic rings. The number of hydrogen-bond acceptors (Lipinski definition) is 5. The van der Waals surface area contributed by atoms with E-state index in [1.807, 2.05) is 0 Å². The lowest BCUT2D eigenvalue weighted by molar-refractivity contribution is -0.126. The van der Waals surface area contributed by atoms with Crippen LogP contribution in [0.3, 0.4) is 0 Å². The fraction of sp³-hybridized carbons (Fsp3) is 0.520. The summed E-state index contributed by atoms with van der Waals surface area (Å²) in [6.45, 7) is 2.02. The highest BCUT2D eigenvalue weighted by Crippen LogP contribution is 2.30. The summed E-state index contributed by atoms with van der Waals surface area (Å²) < 4.78 is 47.7. The number of nitrogens with one attached hydrogen (secondary N) is 1. The molecular formula is C25H32FN3O4S. The molecule has 2 heterocycles. The Balaban J connectivity index is 1.50. The van der Waals surface area contributed by atoms with Gasteiger partial charge in [0.15, 0.2) is 10.7 Å². The second-order valence-electron chi connectivity index (χ2n) is 9.22. The van der Waals surface area contributed by atoms with Gasteiger partial charge in [0.05, 0.1) is 5.92 Å². The van der Waals surface area contributed by atoms with Crippen LogP contribution in [0.15, 0.2) is 33.7 Å². The Hall–Kier alpha value is -2.52. The lowest BCUT2D eigenvalue weighted by Crippen LogP contribution is -2.47. The summed E-state index contributed by atoms with van der Waals surface area (Å²) in [5, 5.41) is 7.01. The molecule has 2 fully saturated rings. The predicted molar refractivity (Wildman–Crippen MR) is 128 cm³/mol. The molecule has 0 unspecified atom stereocenters. The summed E-state index contributed by atoms with van der Waals surface area (Å²) in [5.74, 6) is -0.818. The number of halogens is 1. The molecule has 1 saturated carbocycles. The normalized spacial score (nSPS) is 20.9. The van der Waals surface area contributed by atoms with E-state index in [0.29, 0.717) is 24.9 Å². The van der Waals surface area contributed by atoms with Crippen LogP contribution in [0.2, 0.25) is 0 Å². The monoisotopic (exact) mass is 489 g/mol. The summed E-state index contributed by atoms with van der Waals surface area (Å²) in [6.07, 6.45) is 10.8. The molecule has 1 aromatic heterocycles. The highest BCUT2D eigenvalue weighted by Gasteiger charge is 2.37. The van der Waals surface area contributed by atoms with Crippen LogP contribution in [0.4, 0.5) is 4.39 Å². The van der Waals surface area contributed by atoms with Gasteiger partial charge in [0.25, 0.3) is 0 Å². The smallest absolute Gasteiger partial charge is 0.248 e. The van der Waals surface area contributed by atoms with Gasteiger partial charge in [-0.1, -0.05) is 49.0 Å². The Morgan fingerprint density at radius 3 is 2.59 bits per heavy atom. The molecule has 0 bridgehead atoms. The Bertz CT molecular complexity index is 1140. The molecule has 34 heavy (non-hydrogen) atoms.